The summed E-state index contributed by atoms with van der Waals surface area (Å²) in [5.74, 6) is 2.19. The molecule has 2 rings (SSSR count). The Morgan fingerprint density at radius 1 is 1.28 bits per heavy atom. The minimum absolute atomic E-state index is 0.250. The maximum absolute atomic E-state index is 11.8. The minimum Gasteiger partial charge on any atom is -0.427 e. The minimum atomic E-state index is -0.691. The van der Waals surface area contributed by atoms with Gasteiger partial charge in [0.25, 0.3) is 0 Å². The van der Waals surface area contributed by atoms with Crippen LogP contribution >= 0.6 is 0 Å². The first kappa shape index (κ1) is 21.7. The van der Waals surface area contributed by atoms with Gasteiger partial charge in [0.2, 0.25) is 5.91 Å². The lowest BCUT2D eigenvalue weighted by atomic mass is 10.2. The van der Waals surface area contributed by atoms with Gasteiger partial charge in [-0.1, -0.05) is 13.3 Å². The van der Waals surface area contributed by atoms with Gasteiger partial charge in [-0.15, -0.1) is 12.3 Å². The van der Waals surface area contributed by atoms with Gasteiger partial charge in [0.1, 0.15) is 5.75 Å². The second kappa shape index (κ2) is 11.3. The van der Waals surface area contributed by atoms with Crippen LogP contribution in [0.5, 0.6) is 5.75 Å². The number of aromatic amines is 1. The van der Waals surface area contributed by atoms with E-state index < -0.39 is 6.03 Å². The van der Waals surface area contributed by atoms with Crippen molar-refractivity contribution in [2.24, 2.45) is 5.10 Å². The molecule has 8 heteroatoms. The number of fused-ring (bicyclic) bond motifs is 1. The molecule has 152 valence electrons. The van der Waals surface area contributed by atoms with Crippen molar-refractivity contribution in [3.63, 3.8) is 0 Å². The lowest BCUT2D eigenvalue weighted by Gasteiger charge is -2.04. The molecule has 2 aromatic rings. The molecule has 0 spiro atoms. The van der Waals surface area contributed by atoms with Gasteiger partial charge in [-0.25, -0.2) is 10.2 Å². The zero-order chi connectivity index (χ0) is 21.1. The van der Waals surface area contributed by atoms with Crippen molar-refractivity contribution >= 4 is 35.0 Å². The van der Waals surface area contributed by atoms with Crippen LogP contribution in [0.25, 0.3) is 10.9 Å². The van der Waals surface area contributed by atoms with Crippen LogP contribution in [0, 0.1) is 12.3 Å². The average Bonchev–Trinajstić information content (AvgIpc) is 3.09. The number of hydrogen-bond donors (Lipinski definition) is 3. The number of esters is 1. The molecule has 0 atom stereocenters. The number of benzene rings is 1. The van der Waals surface area contributed by atoms with Crippen LogP contribution in [0.3, 0.4) is 0 Å². The fourth-order valence-corrected chi connectivity index (χ4v) is 2.52. The molecule has 0 saturated carbocycles. The lowest BCUT2D eigenvalue weighted by Crippen LogP contribution is -2.36. The van der Waals surface area contributed by atoms with E-state index in [9.17, 15) is 14.4 Å². The number of carbonyl (C=O) groups is 3. The highest BCUT2D eigenvalue weighted by molar-refractivity contribution is 6.00. The van der Waals surface area contributed by atoms with E-state index in [1.165, 1.54) is 6.21 Å². The van der Waals surface area contributed by atoms with Crippen molar-refractivity contribution in [1.29, 1.82) is 0 Å². The van der Waals surface area contributed by atoms with E-state index in [1.54, 1.807) is 24.4 Å². The first-order valence-corrected chi connectivity index (χ1v) is 9.41. The Morgan fingerprint density at radius 3 is 2.86 bits per heavy atom. The largest absolute Gasteiger partial charge is 0.427 e. The van der Waals surface area contributed by atoms with Crippen molar-refractivity contribution in [3.8, 4) is 18.1 Å². The summed E-state index contributed by atoms with van der Waals surface area (Å²) in [6, 6.07) is 4.49. The summed E-state index contributed by atoms with van der Waals surface area (Å²) in [5.41, 5.74) is 3.75. The van der Waals surface area contributed by atoms with Crippen LogP contribution in [0.2, 0.25) is 0 Å². The van der Waals surface area contributed by atoms with E-state index in [2.05, 4.69) is 26.7 Å². The van der Waals surface area contributed by atoms with E-state index in [1.807, 2.05) is 6.92 Å². The molecule has 1 aromatic heterocycles. The summed E-state index contributed by atoms with van der Waals surface area (Å²) in [4.78, 5) is 38.1. The van der Waals surface area contributed by atoms with Gasteiger partial charge >= 0.3 is 12.0 Å². The molecule has 1 aromatic carbocycles. The molecule has 0 fully saturated rings. The second-order valence-electron chi connectivity index (χ2n) is 6.33. The molecule has 3 N–H and O–H groups in total. The number of terminal acetylenes is 1. The van der Waals surface area contributed by atoms with Gasteiger partial charge in [0, 0.05) is 41.9 Å². The predicted molar refractivity (Wildman–Crippen MR) is 110 cm³/mol. The molecule has 3 amide bonds. The number of H-pyrrole nitrogens is 1. The maximum Gasteiger partial charge on any atom is 0.341 e. The number of amides is 3. The zero-order valence-electron chi connectivity index (χ0n) is 16.3. The van der Waals surface area contributed by atoms with E-state index in [0.717, 1.165) is 17.3 Å². The third kappa shape index (κ3) is 7.14. The van der Waals surface area contributed by atoms with Crippen LogP contribution < -0.4 is 15.5 Å². The summed E-state index contributed by atoms with van der Waals surface area (Å²) >= 11 is 0. The molecule has 0 aliphatic rings. The molecular weight excluding hydrogens is 372 g/mol. The molecule has 0 saturated heterocycles. The quantitative estimate of drug-likeness (QED) is 0.151. The van der Waals surface area contributed by atoms with Crippen molar-refractivity contribution < 1.29 is 19.1 Å². The Morgan fingerprint density at radius 2 is 2.10 bits per heavy atom. The molecule has 0 radical (unpaired) electrons. The number of ether oxygens (including phenoxy) is 1. The number of carbonyl (C=O) groups excluding carboxylic acids is 3. The van der Waals surface area contributed by atoms with Gasteiger partial charge in [0.15, 0.2) is 0 Å². The van der Waals surface area contributed by atoms with Gasteiger partial charge in [-0.3, -0.25) is 14.9 Å². The molecular formula is C21H24N4O4. The number of imide groups is 1. The highest BCUT2D eigenvalue weighted by atomic mass is 16.5. The molecule has 0 aliphatic carbocycles. The van der Waals surface area contributed by atoms with Gasteiger partial charge in [0.05, 0.1) is 6.21 Å². The van der Waals surface area contributed by atoms with Gasteiger partial charge < -0.3 is 9.72 Å². The Balaban J connectivity index is 1.96. The topological polar surface area (TPSA) is 113 Å². The Bertz CT molecular complexity index is 940. The second-order valence-corrected chi connectivity index (χ2v) is 6.33. The highest BCUT2D eigenvalue weighted by Gasteiger charge is 2.09. The molecule has 29 heavy (non-hydrogen) atoms. The smallest absolute Gasteiger partial charge is 0.341 e. The van der Waals surface area contributed by atoms with Gasteiger partial charge in [-0.05, 0) is 31.0 Å². The fourth-order valence-electron chi connectivity index (χ4n) is 2.52. The van der Waals surface area contributed by atoms with Gasteiger partial charge in [-0.2, -0.15) is 5.10 Å². The summed E-state index contributed by atoms with van der Waals surface area (Å²) in [6.45, 7) is 1.96. The summed E-state index contributed by atoms with van der Waals surface area (Å²) in [5, 5.41) is 6.82. The predicted octanol–water partition coefficient (Wildman–Crippen LogP) is 3.23. The van der Waals surface area contributed by atoms with Crippen LogP contribution in [-0.2, 0) is 9.59 Å². The number of urea groups is 1. The first-order valence-electron chi connectivity index (χ1n) is 9.41. The first-order chi connectivity index (χ1) is 14.0. The van der Waals surface area contributed by atoms with Crippen LogP contribution in [0.1, 0.15) is 51.0 Å². The monoisotopic (exact) mass is 396 g/mol. The van der Waals surface area contributed by atoms with Crippen LogP contribution in [-0.4, -0.2) is 29.1 Å². The summed E-state index contributed by atoms with van der Waals surface area (Å²) in [6.07, 6.45) is 11.5. The number of hydrazone groups is 1. The number of hydrogen-bond acceptors (Lipinski definition) is 5. The Labute approximate surface area is 169 Å². The van der Waals surface area contributed by atoms with Crippen LogP contribution in [0.15, 0.2) is 29.5 Å². The summed E-state index contributed by atoms with van der Waals surface area (Å²) < 4.78 is 5.33. The molecule has 0 unspecified atom stereocenters. The van der Waals surface area contributed by atoms with E-state index in [-0.39, 0.29) is 18.3 Å². The molecule has 1 heterocycles. The Kier molecular flexibility index (Phi) is 8.45. The number of nitrogens with zero attached hydrogens (tertiary/aromatic N) is 1. The maximum atomic E-state index is 11.8. The third-order valence-electron chi connectivity index (χ3n) is 4.00. The number of rotatable bonds is 9. The lowest BCUT2D eigenvalue weighted by molar-refractivity contribution is -0.134. The van der Waals surface area contributed by atoms with E-state index >= 15 is 0 Å². The van der Waals surface area contributed by atoms with Crippen molar-refractivity contribution in [2.45, 2.75) is 45.4 Å². The van der Waals surface area contributed by atoms with Crippen molar-refractivity contribution in [1.82, 2.24) is 15.7 Å². The number of aromatic nitrogens is 1. The SMILES string of the molecule is C#CCCCC(=O)Oc1ccc2[nH]cc(C=NNC(=O)NC(=O)CCCC)c2c1. The van der Waals surface area contributed by atoms with Crippen molar-refractivity contribution in [3.05, 3.63) is 30.0 Å². The normalized spacial score (nSPS) is 10.6. The van der Waals surface area contributed by atoms with Crippen molar-refractivity contribution in [2.75, 3.05) is 0 Å². The molecule has 0 bridgehead atoms. The fraction of sp³-hybridized carbons (Fsp3) is 0.333. The highest BCUT2D eigenvalue weighted by Crippen LogP contribution is 2.23. The van der Waals surface area contributed by atoms with E-state index in [4.69, 9.17) is 11.2 Å². The number of unbranched alkanes of at least 4 members (excludes halogenated alkanes) is 2. The van der Waals surface area contributed by atoms with Crippen LogP contribution in [0.4, 0.5) is 4.79 Å². The average molecular weight is 396 g/mol. The standard InChI is InChI=1S/C21H24N4O4/c1-3-5-7-9-20(27)29-16-10-11-18-17(12-16)15(13-22-18)14-23-25-21(28)24-19(26)8-6-4-2/h1,10-14,22H,4-9H2,2H3,(H2,24,25,26,28). The van der Waals surface area contributed by atoms with E-state index in [0.29, 0.717) is 37.0 Å². The molecule has 0 aliphatic heterocycles. The third-order valence-corrected chi connectivity index (χ3v) is 4.00. The zero-order valence-corrected chi connectivity index (χ0v) is 16.3. The number of nitrogens with one attached hydrogen (secondary N) is 3. The molecule has 8 nitrogen and oxygen atoms in total. The Hall–Kier alpha value is -3.60. The summed E-state index contributed by atoms with van der Waals surface area (Å²) in [7, 11) is 0.